The molecule has 2 aliphatic rings. The van der Waals surface area contributed by atoms with E-state index in [1.165, 1.54) is 23.9 Å². The highest BCUT2D eigenvalue weighted by Crippen LogP contribution is 2.55. The number of rotatable bonds is 11. The molecule has 4 rings (SSSR count). The number of benzene rings is 2. The largest absolute Gasteiger partial charge is 0.508 e. The van der Waals surface area contributed by atoms with Gasteiger partial charge in [0.05, 0.1) is 0 Å². The minimum atomic E-state index is -0.271. The Bertz CT molecular complexity index is 1190. The molecule has 1 amide bonds. The van der Waals surface area contributed by atoms with Gasteiger partial charge in [0.15, 0.2) is 0 Å². The zero-order chi connectivity index (χ0) is 26.4. The van der Waals surface area contributed by atoms with E-state index < -0.39 is 0 Å². The number of aryl methyl sites for hydroxylation is 1. The van der Waals surface area contributed by atoms with Gasteiger partial charge in [0.1, 0.15) is 11.6 Å². The molecule has 3 atom stereocenters. The summed E-state index contributed by atoms with van der Waals surface area (Å²) >= 11 is 0. The minimum Gasteiger partial charge on any atom is -0.508 e. The lowest BCUT2D eigenvalue weighted by molar-refractivity contribution is -0.122. The SMILES string of the molecule is CCCC(C[C@H]1CCC2=CC(Nc3ccc(F)cc3)=C(C=N)C[C@@]21C)NC(=O)CCc1ccccc1O. The molecule has 6 heteroatoms. The van der Waals surface area contributed by atoms with Gasteiger partial charge in [0.2, 0.25) is 5.91 Å². The number of amides is 1. The van der Waals surface area contributed by atoms with Gasteiger partial charge in [-0.15, -0.1) is 0 Å². The lowest BCUT2D eigenvalue weighted by Gasteiger charge is -2.38. The molecule has 0 saturated heterocycles. The molecule has 0 aromatic heterocycles. The topological polar surface area (TPSA) is 85.2 Å². The molecule has 0 aliphatic heterocycles. The first-order valence-electron chi connectivity index (χ1n) is 13.4. The van der Waals surface area contributed by atoms with Gasteiger partial charge in [0, 0.05) is 30.1 Å². The molecule has 0 radical (unpaired) electrons. The van der Waals surface area contributed by atoms with Gasteiger partial charge < -0.3 is 21.1 Å². The number of fused-ring (bicyclic) bond motifs is 1. The molecule has 1 fully saturated rings. The van der Waals surface area contributed by atoms with Crippen LogP contribution in [0.2, 0.25) is 0 Å². The average molecular weight is 504 g/mol. The second-order valence-electron chi connectivity index (χ2n) is 10.6. The van der Waals surface area contributed by atoms with Crippen molar-refractivity contribution in [3.63, 3.8) is 0 Å². The highest BCUT2D eigenvalue weighted by atomic mass is 19.1. The number of hydrogen-bond acceptors (Lipinski definition) is 4. The predicted molar refractivity (Wildman–Crippen MR) is 147 cm³/mol. The number of halogens is 1. The molecule has 0 bridgehead atoms. The maximum atomic E-state index is 13.3. The van der Waals surface area contributed by atoms with Crippen molar-refractivity contribution in [2.24, 2.45) is 11.3 Å². The van der Waals surface area contributed by atoms with E-state index in [0.717, 1.165) is 61.0 Å². The van der Waals surface area contributed by atoms with Gasteiger partial charge in [-0.1, -0.05) is 44.0 Å². The lowest BCUT2D eigenvalue weighted by Crippen LogP contribution is -2.39. The van der Waals surface area contributed by atoms with Crippen LogP contribution >= 0.6 is 0 Å². The van der Waals surface area contributed by atoms with Crippen molar-refractivity contribution in [1.29, 1.82) is 5.41 Å². The first kappa shape index (κ1) is 26.6. The second-order valence-corrected chi connectivity index (χ2v) is 10.6. The van der Waals surface area contributed by atoms with Crippen molar-refractivity contribution < 1.29 is 14.3 Å². The van der Waals surface area contributed by atoms with E-state index in [0.29, 0.717) is 18.8 Å². The summed E-state index contributed by atoms with van der Waals surface area (Å²) < 4.78 is 13.3. The molecule has 196 valence electrons. The van der Waals surface area contributed by atoms with Crippen LogP contribution in [-0.2, 0) is 11.2 Å². The van der Waals surface area contributed by atoms with E-state index in [9.17, 15) is 14.3 Å². The fourth-order valence-corrected chi connectivity index (χ4v) is 5.97. The van der Waals surface area contributed by atoms with E-state index in [2.05, 4.69) is 30.6 Å². The summed E-state index contributed by atoms with van der Waals surface area (Å²) in [5, 5.41) is 24.7. The Morgan fingerprint density at radius 1 is 1.24 bits per heavy atom. The third kappa shape index (κ3) is 6.30. The molecule has 5 nitrogen and oxygen atoms in total. The van der Waals surface area contributed by atoms with Crippen LogP contribution in [0.3, 0.4) is 0 Å². The van der Waals surface area contributed by atoms with Crippen LogP contribution in [0, 0.1) is 22.6 Å². The molecular formula is C31H38FN3O2. The average Bonchev–Trinajstić information content (AvgIpc) is 3.19. The predicted octanol–water partition coefficient (Wildman–Crippen LogP) is 6.90. The van der Waals surface area contributed by atoms with Crippen LogP contribution < -0.4 is 10.6 Å². The summed E-state index contributed by atoms with van der Waals surface area (Å²) in [5.41, 5.74) is 4.79. The molecule has 1 unspecified atom stereocenters. The van der Waals surface area contributed by atoms with Crippen molar-refractivity contribution in [2.45, 2.75) is 71.3 Å². The molecule has 1 saturated carbocycles. The Balaban J connectivity index is 1.41. The van der Waals surface area contributed by atoms with Crippen molar-refractivity contribution in [2.75, 3.05) is 5.32 Å². The molecule has 2 aliphatic carbocycles. The number of carbonyl (C=O) groups excluding carboxylic acids is 1. The van der Waals surface area contributed by atoms with Gasteiger partial charge in [-0.2, -0.15) is 0 Å². The van der Waals surface area contributed by atoms with E-state index >= 15 is 0 Å². The number of anilines is 1. The van der Waals surface area contributed by atoms with Crippen LogP contribution in [0.4, 0.5) is 10.1 Å². The van der Waals surface area contributed by atoms with Gasteiger partial charge in [0.25, 0.3) is 0 Å². The smallest absolute Gasteiger partial charge is 0.220 e. The maximum Gasteiger partial charge on any atom is 0.220 e. The van der Waals surface area contributed by atoms with E-state index in [1.54, 1.807) is 24.3 Å². The fourth-order valence-electron chi connectivity index (χ4n) is 5.97. The van der Waals surface area contributed by atoms with Crippen LogP contribution in [0.15, 0.2) is 71.5 Å². The summed E-state index contributed by atoms with van der Waals surface area (Å²) in [4.78, 5) is 12.8. The maximum absolute atomic E-state index is 13.3. The molecule has 0 heterocycles. The number of nitrogens with one attached hydrogen (secondary N) is 3. The summed E-state index contributed by atoms with van der Waals surface area (Å²) in [5.74, 6) is 0.400. The third-order valence-electron chi connectivity index (χ3n) is 8.10. The van der Waals surface area contributed by atoms with E-state index in [-0.39, 0.29) is 28.9 Å². The Morgan fingerprint density at radius 2 is 2.00 bits per heavy atom. The summed E-state index contributed by atoms with van der Waals surface area (Å²) in [6, 6.07) is 13.6. The standard InChI is InChI=1S/C31H38FN3O2/c1-3-6-27(35-30(37)16-9-21-7-4-5-8-29(21)36)17-23-10-11-24-18-28(22(20-33)19-31(23,24)2)34-26-14-12-25(32)13-15-26/h4-5,7-8,12-15,18,20,23,27,33-34,36H,3,6,9-11,16-17,19H2,1-2H3,(H,35,37)/t23-,27?,31-/m1/s1. The zero-order valence-electron chi connectivity index (χ0n) is 21.8. The number of allylic oxidation sites excluding steroid dienone is 3. The van der Waals surface area contributed by atoms with Gasteiger partial charge in [-0.3, -0.25) is 4.79 Å². The molecule has 37 heavy (non-hydrogen) atoms. The van der Waals surface area contributed by atoms with Crippen molar-refractivity contribution in [3.8, 4) is 5.75 Å². The summed E-state index contributed by atoms with van der Waals surface area (Å²) in [6.45, 7) is 4.45. The first-order chi connectivity index (χ1) is 17.8. The zero-order valence-corrected chi connectivity index (χ0v) is 21.8. The highest BCUT2D eigenvalue weighted by molar-refractivity contribution is 5.81. The van der Waals surface area contributed by atoms with Crippen molar-refractivity contribution >= 4 is 17.8 Å². The monoisotopic (exact) mass is 503 g/mol. The Morgan fingerprint density at radius 3 is 2.70 bits per heavy atom. The third-order valence-corrected chi connectivity index (χ3v) is 8.10. The van der Waals surface area contributed by atoms with Crippen LogP contribution in [0.1, 0.15) is 64.4 Å². The highest BCUT2D eigenvalue weighted by Gasteiger charge is 2.45. The quantitative estimate of drug-likeness (QED) is 0.252. The fraction of sp³-hybridized carbons (Fsp3) is 0.419. The van der Waals surface area contributed by atoms with Crippen molar-refractivity contribution in [1.82, 2.24) is 5.32 Å². The second kappa shape index (κ2) is 11.8. The number of hydrogen-bond donors (Lipinski definition) is 4. The molecular weight excluding hydrogens is 465 g/mol. The summed E-state index contributed by atoms with van der Waals surface area (Å²) in [6.07, 6.45) is 10.2. The first-order valence-corrected chi connectivity index (χ1v) is 13.4. The normalized spacial score (nSPS) is 21.7. The number of aromatic hydroxyl groups is 1. The number of carbonyl (C=O) groups is 1. The van der Waals surface area contributed by atoms with Gasteiger partial charge in [-0.25, -0.2) is 4.39 Å². The number of phenols is 1. The van der Waals surface area contributed by atoms with E-state index in [1.807, 2.05) is 12.1 Å². The van der Waals surface area contributed by atoms with Gasteiger partial charge >= 0.3 is 0 Å². The van der Waals surface area contributed by atoms with E-state index in [4.69, 9.17) is 5.41 Å². The molecule has 2 aromatic carbocycles. The number of para-hydroxylation sites is 1. The Kier molecular flexibility index (Phi) is 8.47. The minimum absolute atomic E-state index is 0.0233. The molecule has 2 aromatic rings. The van der Waals surface area contributed by atoms with Crippen LogP contribution in [0.5, 0.6) is 5.75 Å². The Labute approximate surface area is 219 Å². The summed E-state index contributed by atoms with van der Waals surface area (Å²) in [7, 11) is 0. The van der Waals surface area contributed by atoms with Gasteiger partial charge in [-0.05, 0) is 97.4 Å². The van der Waals surface area contributed by atoms with Crippen LogP contribution in [0.25, 0.3) is 0 Å². The Hall–Kier alpha value is -3.41. The van der Waals surface area contributed by atoms with Crippen LogP contribution in [-0.4, -0.2) is 23.3 Å². The molecule has 0 spiro atoms. The lowest BCUT2D eigenvalue weighted by atomic mass is 9.68. The van der Waals surface area contributed by atoms with Crippen molar-refractivity contribution in [3.05, 3.63) is 82.8 Å². The number of phenolic OH excluding ortho intramolecular Hbond substituents is 1. The molecule has 4 N–H and O–H groups in total.